The summed E-state index contributed by atoms with van der Waals surface area (Å²) in [7, 11) is 1.93. The van der Waals surface area contributed by atoms with Crippen molar-refractivity contribution in [2.45, 2.75) is 25.8 Å². The average Bonchev–Trinajstić information content (AvgIpc) is 3.09. The largest absolute Gasteiger partial charge is 0.297 e. The van der Waals surface area contributed by atoms with Crippen molar-refractivity contribution in [2.24, 2.45) is 12.9 Å². The first kappa shape index (κ1) is 13.3. The Morgan fingerprint density at radius 1 is 1.45 bits per heavy atom. The van der Waals surface area contributed by atoms with Crippen molar-refractivity contribution in [3.63, 3.8) is 0 Å². The van der Waals surface area contributed by atoms with Crippen LogP contribution in [-0.2, 0) is 19.9 Å². The Morgan fingerprint density at radius 3 is 3.00 bits per heavy atom. The van der Waals surface area contributed by atoms with Crippen LogP contribution in [0.2, 0.25) is 0 Å². The molecule has 3 heterocycles. The Bertz CT molecular complexity index is 681. The molecule has 0 aliphatic rings. The molecule has 3 aromatic rings. The van der Waals surface area contributed by atoms with E-state index in [1.165, 1.54) is 0 Å². The van der Waals surface area contributed by atoms with Gasteiger partial charge >= 0.3 is 0 Å². The number of nitrogens with zero attached hydrogens (tertiary/aromatic N) is 4. The first-order chi connectivity index (χ1) is 9.71. The second-order valence-corrected chi connectivity index (χ2v) is 5.68. The van der Waals surface area contributed by atoms with E-state index < -0.39 is 0 Å². The van der Waals surface area contributed by atoms with Crippen LogP contribution in [0.5, 0.6) is 0 Å². The van der Waals surface area contributed by atoms with Gasteiger partial charge in [-0.25, -0.2) is 4.98 Å². The minimum absolute atomic E-state index is 0.0308. The number of fused-ring (bicyclic) bond motifs is 1. The Morgan fingerprint density at radius 2 is 2.30 bits per heavy atom. The van der Waals surface area contributed by atoms with Crippen LogP contribution in [0.3, 0.4) is 0 Å². The number of thiazole rings is 1. The summed E-state index contributed by atoms with van der Waals surface area (Å²) >= 11 is 1.63. The number of hydrazine groups is 1. The van der Waals surface area contributed by atoms with E-state index >= 15 is 0 Å². The van der Waals surface area contributed by atoms with Crippen LogP contribution in [0, 0.1) is 0 Å². The Kier molecular flexibility index (Phi) is 3.56. The highest BCUT2D eigenvalue weighted by molar-refractivity contribution is 7.15. The van der Waals surface area contributed by atoms with Crippen LogP contribution >= 0.6 is 11.3 Å². The van der Waals surface area contributed by atoms with Gasteiger partial charge in [0.15, 0.2) is 4.96 Å². The maximum atomic E-state index is 5.74. The maximum absolute atomic E-state index is 5.74. The molecule has 0 spiro atoms. The molecular weight excluding hydrogens is 272 g/mol. The van der Waals surface area contributed by atoms with E-state index in [1.54, 1.807) is 11.3 Å². The molecule has 6 nitrogen and oxygen atoms in total. The van der Waals surface area contributed by atoms with Crippen LogP contribution in [0.4, 0.5) is 0 Å². The van der Waals surface area contributed by atoms with Crippen LogP contribution < -0.4 is 11.3 Å². The third kappa shape index (κ3) is 2.35. The van der Waals surface area contributed by atoms with Gasteiger partial charge in [0.05, 0.1) is 17.4 Å². The maximum Gasteiger partial charge on any atom is 0.193 e. The minimum atomic E-state index is 0.0308. The van der Waals surface area contributed by atoms with E-state index in [-0.39, 0.29) is 6.04 Å². The fraction of sp³-hybridized carbons (Fsp3) is 0.385. The molecular formula is C13H18N6S. The van der Waals surface area contributed by atoms with Crippen LogP contribution in [0.25, 0.3) is 4.96 Å². The van der Waals surface area contributed by atoms with E-state index in [0.717, 1.165) is 34.8 Å². The third-order valence-electron chi connectivity index (χ3n) is 3.41. The summed E-state index contributed by atoms with van der Waals surface area (Å²) in [6.07, 6.45) is 7.75. The summed E-state index contributed by atoms with van der Waals surface area (Å²) in [4.78, 5) is 5.62. The highest BCUT2D eigenvalue weighted by atomic mass is 32.1. The highest BCUT2D eigenvalue weighted by Crippen LogP contribution is 2.22. The molecule has 3 rings (SSSR count). The summed E-state index contributed by atoms with van der Waals surface area (Å²) < 4.78 is 3.88. The molecule has 0 saturated carbocycles. The van der Waals surface area contributed by atoms with Gasteiger partial charge in [-0.05, 0) is 6.42 Å². The number of nitrogens with one attached hydrogen (secondary N) is 1. The molecule has 0 amide bonds. The molecule has 0 saturated heterocycles. The number of aryl methyl sites for hydroxylation is 2. The van der Waals surface area contributed by atoms with E-state index in [4.69, 9.17) is 5.84 Å². The minimum Gasteiger partial charge on any atom is -0.297 e. The monoisotopic (exact) mass is 290 g/mol. The van der Waals surface area contributed by atoms with Gasteiger partial charge in [-0.3, -0.25) is 20.4 Å². The molecule has 0 aromatic carbocycles. The van der Waals surface area contributed by atoms with Crippen molar-refractivity contribution in [1.29, 1.82) is 0 Å². The molecule has 0 radical (unpaired) electrons. The average molecular weight is 290 g/mol. The van der Waals surface area contributed by atoms with Crippen LogP contribution in [-0.4, -0.2) is 19.2 Å². The van der Waals surface area contributed by atoms with Crippen molar-refractivity contribution in [1.82, 2.24) is 24.6 Å². The van der Waals surface area contributed by atoms with E-state index in [0.29, 0.717) is 0 Å². The summed E-state index contributed by atoms with van der Waals surface area (Å²) in [6, 6.07) is 0.0308. The van der Waals surface area contributed by atoms with Gasteiger partial charge in [0, 0.05) is 43.0 Å². The van der Waals surface area contributed by atoms with Crippen molar-refractivity contribution in [3.8, 4) is 0 Å². The molecule has 106 valence electrons. The lowest BCUT2D eigenvalue weighted by atomic mass is 10.0. The lowest BCUT2D eigenvalue weighted by molar-refractivity contribution is 0.543. The van der Waals surface area contributed by atoms with Gasteiger partial charge < -0.3 is 0 Å². The third-order valence-corrected chi connectivity index (χ3v) is 4.18. The number of aromatic nitrogens is 4. The number of imidazole rings is 1. The van der Waals surface area contributed by atoms with Crippen molar-refractivity contribution < 1.29 is 0 Å². The van der Waals surface area contributed by atoms with Crippen LogP contribution in [0.15, 0.2) is 24.0 Å². The van der Waals surface area contributed by atoms with Gasteiger partial charge in [-0.2, -0.15) is 5.10 Å². The van der Waals surface area contributed by atoms with Gasteiger partial charge in [0.25, 0.3) is 0 Å². The number of hydrogen-bond acceptors (Lipinski definition) is 5. The van der Waals surface area contributed by atoms with Gasteiger partial charge in [0.2, 0.25) is 0 Å². The summed E-state index contributed by atoms with van der Waals surface area (Å²) in [5.74, 6) is 5.74. The van der Waals surface area contributed by atoms with E-state index in [9.17, 15) is 0 Å². The number of nitrogens with two attached hydrogens (primary N) is 1. The first-order valence-corrected chi connectivity index (χ1v) is 7.48. The van der Waals surface area contributed by atoms with E-state index in [1.807, 2.05) is 33.9 Å². The molecule has 20 heavy (non-hydrogen) atoms. The zero-order chi connectivity index (χ0) is 14.1. The van der Waals surface area contributed by atoms with Crippen LogP contribution in [0.1, 0.15) is 29.9 Å². The molecule has 3 aromatic heterocycles. The summed E-state index contributed by atoms with van der Waals surface area (Å²) in [5.41, 5.74) is 6.15. The smallest absolute Gasteiger partial charge is 0.193 e. The van der Waals surface area contributed by atoms with Gasteiger partial charge in [-0.15, -0.1) is 11.3 Å². The summed E-state index contributed by atoms with van der Waals surface area (Å²) in [5, 5.41) is 6.50. The Hall–Kier alpha value is -1.70. The second kappa shape index (κ2) is 5.35. The second-order valence-electron chi connectivity index (χ2n) is 4.81. The van der Waals surface area contributed by atoms with Crippen molar-refractivity contribution >= 4 is 16.3 Å². The molecule has 0 aliphatic carbocycles. The number of hydrogen-bond donors (Lipinski definition) is 2. The zero-order valence-corrected chi connectivity index (χ0v) is 12.4. The standard InChI is InChI=1S/C13H18N6S/c1-3-11-10(8-18(2)17-11)12(16-14)6-9-7-19-4-5-20-13(19)15-9/h4-5,7-8,12,16H,3,6,14H2,1-2H3. The molecule has 0 aliphatic heterocycles. The first-order valence-electron chi connectivity index (χ1n) is 6.61. The molecule has 0 bridgehead atoms. The zero-order valence-electron chi connectivity index (χ0n) is 11.6. The van der Waals surface area contributed by atoms with E-state index in [2.05, 4.69) is 28.6 Å². The normalized spacial score (nSPS) is 13.2. The van der Waals surface area contributed by atoms with Crippen molar-refractivity contribution in [3.05, 3.63) is 40.9 Å². The van der Waals surface area contributed by atoms with Crippen molar-refractivity contribution in [2.75, 3.05) is 0 Å². The molecule has 1 atom stereocenters. The van der Waals surface area contributed by atoms with Gasteiger partial charge in [0.1, 0.15) is 0 Å². The lowest BCUT2D eigenvalue weighted by Gasteiger charge is -2.14. The Labute approximate surface area is 121 Å². The summed E-state index contributed by atoms with van der Waals surface area (Å²) in [6.45, 7) is 2.10. The van der Waals surface area contributed by atoms with Gasteiger partial charge in [-0.1, -0.05) is 6.92 Å². The molecule has 1 unspecified atom stereocenters. The Balaban J connectivity index is 1.87. The molecule has 3 N–H and O–H groups in total. The molecule has 7 heteroatoms. The predicted molar refractivity (Wildman–Crippen MR) is 79.4 cm³/mol. The lowest BCUT2D eigenvalue weighted by Crippen LogP contribution is -2.30. The number of rotatable bonds is 5. The fourth-order valence-corrected chi connectivity index (χ4v) is 3.18. The SMILES string of the molecule is CCc1nn(C)cc1C(Cc1cn2ccsc2n1)NN. The molecule has 0 fully saturated rings. The quantitative estimate of drug-likeness (QED) is 0.551. The fourth-order valence-electron chi connectivity index (χ4n) is 2.46. The predicted octanol–water partition coefficient (Wildman–Crippen LogP) is 1.44. The highest BCUT2D eigenvalue weighted by Gasteiger charge is 2.18. The topological polar surface area (TPSA) is 73.2 Å².